The predicted molar refractivity (Wildman–Crippen MR) is 79.1 cm³/mol. The minimum atomic E-state index is -0.614. The Labute approximate surface area is 123 Å². The van der Waals surface area contributed by atoms with Crippen LogP contribution in [-0.4, -0.2) is 14.2 Å². The second-order valence-electron chi connectivity index (χ2n) is 4.93. The lowest BCUT2D eigenvalue weighted by Crippen LogP contribution is -2.27. The van der Waals surface area contributed by atoms with E-state index in [0.29, 0.717) is 5.56 Å². The van der Waals surface area contributed by atoms with E-state index >= 15 is 0 Å². The van der Waals surface area contributed by atoms with Crippen LogP contribution in [0.3, 0.4) is 0 Å². The van der Waals surface area contributed by atoms with Gasteiger partial charge in [-0.25, -0.2) is 8.78 Å². The monoisotopic (exact) mass is 291 g/mol. The number of likely N-dealkylation sites (N-methyl/N-ethyl adjacent to an activating group) is 1. The molecule has 0 bridgehead atoms. The summed E-state index contributed by atoms with van der Waals surface area (Å²) in [6.45, 7) is 1.62. The fraction of sp³-hybridized carbons (Fsp3) is 0.294. The van der Waals surface area contributed by atoms with Crippen molar-refractivity contribution in [3.63, 3.8) is 0 Å². The van der Waals surface area contributed by atoms with Gasteiger partial charge in [0.2, 0.25) is 0 Å². The lowest BCUT2D eigenvalue weighted by atomic mass is 9.93. The van der Waals surface area contributed by atoms with Crippen LogP contribution in [0, 0.1) is 18.6 Å². The molecule has 1 N–H and O–H groups in total. The van der Waals surface area contributed by atoms with Gasteiger partial charge in [-0.2, -0.15) is 0 Å². The Morgan fingerprint density at radius 3 is 2.29 bits per heavy atom. The van der Waals surface area contributed by atoms with Crippen molar-refractivity contribution >= 4 is 0 Å². The van der Waals surface area contributed by atoms with Crippen molar-refractivity contribution in [2.45, 2.75) is 19.1 Å². The van der Waals surface area contributed by atoms with E-state index in [-0.39, 0.29) is 5.56 Å². The van der Waals surface area contributed by atoms with E-state index in [1.54, 1.807) is 14.0 Å². The van der Waals surface area contributed by atoms with Crippen LogP contribution in [-0.2, 0) is 4.74 Å². The van der Waals surface area contributed by atoms with E-state index < -0.39 is 23.8 Å². The third-order valence-corrected chi connectivity index (χ3v) is 3.63. The van der Waals surface area contributed by atoms with Gasteiger partial charge in [0.05, 0.1) is 6.04 Å². The number of hydrogen-bond donors (Lipinski definition) is 1. The second-order valence-corrected chi connectivity index (χ2v) is 4.93. The van der Waals surface area contributed by atoms with E-state index in [1.807, 2.05) is 30.3 Å². The summed E-state index contributed by atoms with van der Waals surface area (Å²) in [5.41, 5.74) is 1.28. The highest BCUT2D eigenvalue weighted by atomic mass is 19.1. The molecule has 0 aliphatic carbocycles. The van der Waals surface area contributed by atoms with E-state index in [1.165, 1.54) is 19.2 Å². The normalized spacial score (nSPS) is 14.0. The van der Waals surface area contributed by atoms with Gasteiger partial charge in [-0.1, -0.05) is 36.4 Å². The largest absolute Gasteiger partial charge is 0.375 e. The van der Waals surface area contributed by atoms with Gasteiger partial charge in [-0.3, -0.25) is 0 Å². The molecule has 2 atom stereocenters. The van der Waals surface area contributed by atoms with Crippen molar-refractivity contribution in [2.75, 3.05) is 14.2 Å². The molecule has 0 saturated heterocycles. The molecular formula is C17H19F2NO. The Morgan fingerprint density at radius 2 is 1.71 bits per heavy atom. The highest BCUT2D eigenvalue weighted by Crippen LogP contribution is 2.34. The van der Waals surface area contributed by atoms with E-state index in [2.05, 4.69) is 5.32 Å². The zero-order chi connectivity index (χ0) is 15.4. The summed E-state index contributed by atoms with van der Waals surface area (Å²) in [5.74, 6) is -1.11. The molecule has 0 aromatic heterocycles. The van der Waals surface area contributed by atoms with Crippen molar-refractivity contribution in [3.05, 3.63) is 70.8 Å². The Kier molecular flexibility index (Phi) is 5.04. The fourth-order valence-electron chi connectivity index (χ4n) is 2.52. The van der Waals surface area contributed by atoms with Crippen LogP contribution >= 0.6 is 0 Å². The summed E-state index contributed by atoms with van der Waals surface area (Å²) < 4.78 is 34.0. The van der Waals surface area contributed by atoms with Crippen molar-refractivity contribution in [1.29, 1.82) is 0 Å². The van der Waals surface area contributed by atoms with Gasteiger partial charge >= 0.3 is 0 Å². The van der Waals surface area contributed by atoms with E-state index in [0.717, 1.165) is 5.56 Å². The van der Waals surface area contributed by atoms with Crippen molar-refractivity contribution in [3.8, 4) is 0 Å². The van der Waals surface area contributed by atoms with Crippen LogP contribution < -0.4 is 5.32 Å². The number of methoxy groups -OCH3 is 1. The molecule has 2 unspecified atom stereocenters. The summed E-state index contributed by atoms with van der Waals surface area (Å²) >= 11 is 0. The van der Waals surface area contributed by atoms with Gasteiger partial charge in [0.25, 0.3) is 0 Å². The first kappa shape index (κ1) is 15.6. The third kappa shape index (κ3) is 3.12. The van der Waals surface area contributed by atoms with Crippen LogP contribution in [0.5, 0.6) is 0 Å². The lowest BCUT2D eigenvalue weighted by molar-refractivity contribution is 0.0677. The topological polar surface area (TPSA) is 21.3 Å². The lowest BCUT2D eigenvalue weighted by Gasteiger charge is -2.27. The minimum absolute atomic E-state index is 0.00760. The molecule has 0 aliphatic heterocycles. The molecule has 2 nitrogen and oxygen atoms in total. The summed E-state index contributed by atoms with van der Waals surface area (Å²) in [6, 6.07) is 11.5. The number of hydrogen-bond acceptors (Lipinski definition) is 2. The molecule has 2 aromatic carbocycles. The Bertz CT molecular complexity index is 601. The second kappa shape index (κ2) is 6.78. The molecular weight excluding hydrogens is 272 g/mol. The summed E-state index contributed by atoms with van der Waals surface area (Å²) in [7, 11) is 3.20. The zero-order valence-corrected chi connectivity index (χ0v) is 12.4. The molecule has 2 aromatic rings. The third-order valence-electron chi connectivity index (χ3n) is 3.63. The number of rotatable bonds is 5. The highest BCUT2D eigenvalue weighted by Gasteiger charge is 2.29. The molecule has 0 saturated carbocycles. The van der Waals surface area contributed by atoms with Crippen molar-refractivity contribution < 1.29 is 13.5 Å². The zero-order valence-electron chi connectivity index (χ0n) is 12.4. The summed E-state index contributed by atoms with van der Waals surface area (Å²) in [4.78, 5) is 0. The first-order valence-electron chi connectivity index (χ1n) is 6.79. The van der Waals surface area contributed by atoms with Gasteiger partial charge in [0.1, 0.15) is 17.7 Å². The molecule has 0 heterocycles. The molecule has 0 spiro atoms. The van der Waals surface area contributed by atoms with Gasteiger partial charge in [-0.15, -0.1) is 0 Å². The summed E-state index contributed by atoms with van der Waals surface area (Å²) in [5, 5.41) is 2.97. The highest BCUT2D eigenvalue weighted by molar-refractivity contribution is 5.32. The fourth-order valence-corrected chi connectivity index (χ4v) is 2.52. The number of ether oxygens (including phenoxy) is 1. The van der Waals surface area contributed by atoms with Gasteiger partial charge in [0, 0.05) is 12.7 Å². The molecule has 0 amide bonds. The average molecular weight is 291 g/mol. The average Bonchev–Trinajstić information content (AvgIpc) is 2.51. The van der Waals surface area contributed by atoms with Crippen LogP contribution in [0.4, 0.5) is 8.78 Å². The number of benzene rings is 2. The molecule has 21 heavy (non-hydrogen) atoms. The van der Waals surface area contributed by atoms with Crippen LogP contribution in [0.2, 0.25) is 0 Å². The van der Waals surface area contributed by atoms with Gasteiger partial charge in [-0.05, 0) is 31.2 Å². The minimum Gasteiger partial charge on any atom is -0.375 e. The quantitative estimate of drug-likeness (QED) is 0.901. The molecule has 2 rings (SSSR count). The first-order valence-corrected chi connectivity index (χ1v) is 6.79. The standard InChI is InChI=1S/C17H19F2NO/c1-11-9-10-13(18)14(15(11)19)16(20-2)17(21-3)12-7-5-4-6-8-12/h4-10,16-17,20H,1-3H3. The van der Waals surface area contributed by atoms with E-state index in [4.69, 9.17) is 4.74 Å². The maximum Gasteiger partial charge on any atom is 0.133 e. The maximum atomic E-state index is 14.4. The summed E-state index contributed by atoms with van der Waals surface area (Å²) in [6.07, 6.45) is -0.484. The number of halogens is 2. The molecule has 0 fully saturated rings. The van der Waals surface area contributed by atoms with Gasteiger partial charge in [0.15, 0.2) is 0 Å². The molecule has 0 aliphatic rings. The van der Waals surface area contributed by atoms with Gasteiger partial charge < -0.3 is 10.1 Å². The van der Waals surface area contributed by atoms with E-state index in [9.17, 15) is 8.78 Å². The Hall–Kier alpha value is -1.78. The SMILES string of the molecule is CNC(c1c(F)ccc(C)c1F)C(OC)c1ccccc1. The number of nitrogens with one attached hydrogen (secondary N) is 1. The first-order chi connectivity index (χ1) is 10.1. The van der Waals surface area contributed by atoms with Crippen LogP contribution in [0.25, 0.3) is 0 Å². The van der Waals surface area contributed by atoms with Crippen molar-refractivity contribution in [2.24, 2.45) is 0 Å². The molecule has 0 radical (unpaired) electrons. The van der Waals surface area contributed by atoms with Crippen molar-refractivity contribution in [1.82, 2.24) is 5.32 Å². The molecule has 4 heteroatoms. The van der Waals surface area contributed by atoms with Crippen LogP contribution in [0.1, 0.15) is 28.8 Å². The smallest absolute Gasteiger partial charge is 0.133 e. The van der Waals surface area contributed by atoms with Crippen LogP contribution in [0.15, 0.2) is 42.5 Å². The molecule has 112 valence electrons. The predicted octanol–water partition coefficient (Wildman–Crippen LogP) is 3.92. The Balaban J connectivity index is 2.51. The number of aryl methyl sites for hydroxylation is 1. The maximum absolute atomic E-state index is 14.4. The Morgan fingerprint density at radius 1 is 1.05 bits per heavy atom.